The highest BCUT2D eigenvalue weighted by atomic mass is 14.9. The van der Waals surface area contributed by atoms with E-state index in [0.717, 1.165) is 5.69 Å². The molecule has 0 unspecified atom stereocenters. The summed E-state index contributed by atoms with van der Waals surface area (Å²) in [5.41, 5.74) is 6.61. The smallest absolute Gasteiger partial charge is 0.123 e. The van der Waals surface area contributed by atoms with Gasteiger partial charge in [0.25, 0.3) is 0 Å². The molecule has 1 aromatic rings. The van der Waals surface area contributed by atoms with E-state index >= 15 is 0 Å². The highest BCUT2D eigenvalue weighted by Crippen LogP contribution is 2.21. The maximum absolute atomic E-state index is 5.52. The third-order valence-corrected chi connectivity index (χ3v) is 2.76. The van der Waals surface area contributed by atoms with Gasteiger partial charge in [0.05, 0.1) is 11.9 Å². The molecule has 0 aromatic carbocycles. The van der Waals surface area contributed by atoms with Gasteiger partial charge in [0.15, 0.2) is 0 Å². The van der Waals surface area contributed by atoms with Crippen molar-refractivity contribution in [1.82, 2.24) is 4.98 Å². The Labute approximate surface area is 84.7 Å². The van der Waals surface area contributed by atoms with Crippen LogP contribution < -0.4 is 11.1 Å². The lowest BCUT2D eigenvalue weighted by atomic mass is 9.95. The van der Waals surface area contributed by atoms with Gasteiger partial charge < -0.3 is 11.1 Å². The topological polar surface area (TPSA) is 50.9 Å². The van der Waals surface area contributed by atoms with Crippen LogP contribution in [0.2, 0.25) is 0 Å². The van der Waals surface area contributed by atoms with E-state index in [1.54, 1.807) is 0 Å². The Kier molecular flexibility index (Phi) is 2.87. The van der Waals surface area contributed by atoms with E-state index in [1.165, 1.54) is 32.1 Å². The van der Waals surface area contributed by atoms with Crippen molar-refractivity contribution in [3.8, 4) is 0 Å². The number of pyridine rings is 1. The van der Waals surface area contributed by atoms with E-state index in [9.17, 15) is 0 Å². The van der Waals surface area contributed by atoms with E-state index in [2.05, 4.69) is 10.3 Å². The maximum Gasteiger partial charge on any atom is 0.123 e. The lowest BCUT2D eigenvalue weighted by molar-refractivity contribution is 0.462. The zero-order valence-electron chi connectivity index (χ0n) is 8.37. The van der Waals surface area contributed by atoms with Crippen molar-refractivity contribution in [3.63, 3.8) is 0 Å². The van der Waals surface area contributed by atoms with Gasteiger partial charge >= 0.3 is 0 Å². The first-order chi connectivity index (χ1) is 6.84. The highest BCUT2D eigenvalue weighted by Gasteiger charge is 2.12. The number of nitrogens with two attached hydrogens (primary N) is 1. The van der Waals surface area contributed by atoms with Gasteiger partial charge in [-0.2, -0.15) is 0 Å². The van der Waals surface area contributed by atoms with E-state index in [1.807, 2.05) is 18.3 Å². The molecule has 2 rings (SSSR count). The molecule has 0 bridgehead atoms. The summed E-state index contributed by atoms with van der Waals surface area (Å²) in [6.45, 7) is 0. The third kappa shape index (κ3) is 2.37. The van der Waals surface area contributed by atoms with Gasteiger partial charge in [-0.15, -0.1) is 0 Å². The molecule has 1 aliphatic carbocycles. The van der Waals surface area contributed by atoms with E-state index in [4.69, 9.17) is 5.73 Å². The van der Waals surface area contributed by atoms with Crippen LogP contribution in [0.4, 0.5) is 11.5 Å². The second-order valence-electron chi connectivity index (χ2n) is 3.95. The van der Waals surface area contributed by atoms with Crippen molar-refractivity contribution in [2.45, 2.75) is 38.1 Å². The number of hydrogen-bond donors (Lipinski definition) is 2. The standard InChI is InChI=1S/C11H17N3/c12-11-7-6-10(8-13-11)14-9-4-2-1-3-5-9/h6-9,14H,1-5H2,(H2,12,13). The maximum atomic E-state index is 5.52. The Morgan fingerprint density at radius 3 is 2.64 bits per heavy atom. The number of nitrogens with one attached hydrogen (secondary N) is 1. The van der Waals surface area contributed by atoms with Crippen molar-refractivity contribution >= 4 is 11.5 Å². The fourth-order valence-corrected chi connectivity index (χ4v) is 1.97. The second-order valence-corrected chi connectivity index (χ2v) is 3.95. The molecule has 1 aliphatic rings. The van der Waals surface area contributed by atoms with Gasteiger partial charge in [0.2, 0.25) is 0 Å². The largest absolute Gasteiger partial charge is 0.384 e. The van der Waals surface area contributed by atoms with Crippen molar-refractivity contribution in [2.75, 3.05) is 11.1 Å². The molecule has 3 nitrogen and oxygen atoms in total. The van der Waals surface area contributed by atoms with Crippen molar-refractivity contribution in [2.24, 2.45) is 0 Å². The minimum Gasteiger partial charge on any atom is -0.384 e. The van der Waals surface area contributed by atoms with Crippen LogP contribution in [0.3, 0.4) is 0 Å². The summed E-state index contributed by atoms with van der Waals surface area (Å²) in [5.74, 6) is 0.583. The molecular weight excluding hydrogens is 174 g/mol. The molecule has 0 radical (unpaired) electrons. The molecule has 1 saturated carbocycles. The van der Waals surface area contributed by atoms with Crippen LogP contribution in [0.25, 0.3) is 0 Å². The fraction of sp³-hybridized carbons (Fsp3) is 0.545. The Bertz CT molecular complexity index is 275. The van der Waals surface area contributed by atoms with Crippen LogP contribution in [0.1, 0.15) is 32.1 Å². The molecule has 0 spiro atoms. The Hall–Kier alpha value is -1.25. The molecule has 1 aromatic heterocycles. The zero-order valence-corrected chi connectivity index (χ0v) is 8.37. The van der Waals surface area contributed by atoms with Crippen LogP contribution in [-0.4, -0.2) is 11.0 Å². The minimum atomic E-state index is 0.583. The summed E-state index contributed by atoms with van der Waals surface area (Å²) < 4.78 is 0. The van der Waals surface area contributed by atoms with Gasteiger partial charge in [-0.3, -0.25) is 0 Å². The number of aromatic nitrogens is 1. The molecule has 1 heterocycles. The minimum absolute atomic E-state index is 0.583. The second kappa shape index (κ2) is 4.31. The number of nitrogen functional groups attached to an aromatic ring is 1. The molecule has 0 saturated heterocycles. The SMILES string of the molecule is Nc1ccc(NC2CCCCC2)cn1. The average Bonchev–Trinajstić information content (AvgIpc) is 2.23. The highest BCUT2D eigenvalue weighted by molar-refractivity contribution is 5.45. The summed E-state index contributed by atoms with van der Waals surface area (Å²) in [7, 11) is 0. The summed E-state index contributed by atoms with van der Waals surface area (Å²) in [4.78, 5) is 4.06. The predicted molar refractivity (Wildman–Crippen MR) is 59.1 cm³/mol. The number of anilines is 2. The monoisotopic (exact) mass is 191 g/mol. The molecular formula is C11H17N3. The number of rotatable bonds is 2. The molecule has 14 heavy (non-hydrogen) atoms. The summed E-state index contributed by atoms with van der Waals surface area (Å²) in [5, 5.41) is 3.49. The first-order valence-corrected chi connectivity index (χ1v) is 5.33. The first kappa shape index (κ1) is 9.31. The van der Waals surface area contributed by atoms with Crippen LogP contribution in [0.5, 0.6) is 0 Å². The lowest BCUT2D eigenvalue weighted by Gasteiger charge is -2.23. The van der Waals surface area contributed by atoms with E-state index < -0.39 is 0 Å². The molecule has 0 atom stereocenters. The molecule has 1 fully saturated rings. The lowest BCUT2D eigenvalue weighted by Crippen LogP contribution is -2.22. The van der Waals surface area contributed by atoms with Gasteiger partial charge in [0.1, 0.15) is 5.82 Å². The number of nitrogens with zero attached hydrogens (tertiary/aromatic N) is 1. The summed E-state index contributed by atoms with van der Waals surface area (Å²) >= 11 is 0. The van der Waals surface area contributed by atoms with Crippen molar-refractivity contribution < 1.29 is 0 Å². The zero-order chi connectivity index (χ0) is 9.80. The van der Waals surface area contributed by atoms with Crippen LogP contribution >= 0.6 is 0 Å². The first-order valence-electron chi connectivity index (χ1n) is 5.33. The van der Waals surface area contributed by atoms with Gasteiger partial charge in [-0.25, -0.2) is 4.98 Å². The van der Waals surface area contributed by atoms with Gasteiger partial charge in [-0.1, -0.05) is 19.3 Å². The third-order valence-electron chi connectivity index (χ3n) is 2.76. The van der Waals surface area contributed by atoms with Gasteiger partial charge in [0, 0.05) is 6.04 Å². The Balaban J connectivity index is 1.92. The molecule has 76 valence electrons. The molecule has 0 aliphatic heterocycles. The molecule has 3 N–H and O–H groups in total. The van der Waals surface area contributed by atoms with Crippen LogP contribution in [0.15, 0.2) is 18.3 Å². The van der Waals surface area contributed by atoms with Crippen LogP contribution in [0, 0.1) is 0 Å². The van der Waals surface area contributed by atoms with Crippen molar-refractivity contribution in [1.29, 1.82) is 0 Å². The fourth-order valence-electron chi connectivity index (χ4n) is 1.97. The molecule has 0 amide bonds. The van der Waals surface area contributed by atoms with Gasteiger partial charge in [-0.05, 0) is 25.0 Å². The summed E-state index contributed by atoms with van der Waals surface area (Å²) in [6.07, 6.45) is 8.46. The Morgan fingerprint density at radius 2 is 2.00 bits per heavy atom. The molecule has 3 heteroatoms. The van der Waals surface area contributed by atoms with E-state index in [0.29, 0.717) is 11.9 Å². The van der Waals surface area contributed by atoms with E-state index in [-0.39, 0.29) is 0 Å². The normalized spacial score (nSPS) is 18.0. The average molecular weight is 191 g/mol. The van der Waals surface area contributed by atoms with Crippen LogP contribution in [-0.2, 0) is 0 Å². The predicted octanol–water partition coefficient (Wildman–Crippen LogP) is 2.41. The number of hydrogen-bond acceptors (Lipinski definition) is 3. The quantitative estimate of drug-likeness (QED) is 0.754. The Morgan fingerprint density at radius 1 is 1.21 bits per heavy atom. The summed E-state index contributed by atoms with van der Waals surface area (Å²) in [6, 6.07) is 4.47. The van der Waals surface area contributed by atoms with Crippen molar-refractivity contribution in [3.05, 3.63) is 18.3 Å².